The third-order valence-corrected chi connectivity index (χ3v) is 4.76. The van der Waals surface area contributed by atoms with Crippen LogP contribution in [0.1, 0.15) is 31.2 Å². The van der Waals surface area contributed by atoms with Gasteiger partial charge in [-0.1, -0.05) is 11.6 Å². The van der Waals surface area contributed by atoms with Crippen LogP contribution in [0.25, 0.3) is 11.0 Å². The fraction of sp³-hybridized carbons (Fsp3) is 0.471. The van der Waals surface area contributed by atoms with E-state index in [4.69, 9.17) is 21.1 Å². The van der Waals surface area contributed by atoms with Gasteiger partial charge in [-0.3, -0.25) is 4.79 Å². The van der Waals surface area contributed by atoms with E-state index in [1.54, 1.807) is 6.26 Å². The standard InChI is InChI=1S/C17H20ClNO3/c18-15-7-13-5-6-22-16(13)14(8-15)10-19-9-11-1-3-12(4-2-11)17(20)21/h5-8,11-12,19H,1-4,9-10H2,(H,20,21). The minimum absolute atomic E-state index is 0.146. The van der Waals surface area contributed by atoms with Gasteiger partial charge in [0.1, 0.15) is 5.58 Å². The lowest BCUT2D eigenvalue weighted by Gasteiger charge is -2.26. The molecular weight excluding hydrogens is 302 g/mol. The van der Waals surface area contributed by atoms with Crippen LogP contribution in [0.4, 0.5) is 0 Å². The van der Waals surface area contributed by atoms with E-state index < -0.39 is 5.97 Å². The summed E-state index contributed by atoms with van der Waals surface area (Å²) in [7, 11) is 0. The predicted octanol–water partition coefficient (Wildman–Crippen LogP) is 4.07. The third-order valence-electron chi connectivity index (χ3n) is 4.54. The minimum Gasteiger partial charge on any atom is -0.481 e. The molecule has 2 N–H and O–H groups in total. The molecule has 0 saturated heterocycles. The first kappa shape index (κ1) is 15.4. The van der Waals surface area contributed by atoms with Gasteiger partial charge < -0.3 is 14.8 Å². The van der Waals surface area contributed by atoms with Crippen LogP contribution in [0.5, 0.6) is 0 Å². The topological polar surface area (TPSA) is 62.5 Å². The molecule has 1 aliphatic rings. The Kier molecular flexibility index (Phi) is 4.69. The van der Waals surface area contributed by atoms with Crippen LogP contribution in [-0.2, 0) is 11.3 Å². The third kappa shape index (κ3) is 3.45. The number of hydrogen-bond acceptors (Lipinski definition) is 3. The van der Waals surface area contributed by atoms with Crippen molar-refractivity contribution in [2.45, 2.75) is 32.2 Å². The Bertz CT molecular complexity index is 659. The van der Waals surface area contributed by atoms with Gasteiger partial charge in [0.15, 0.2) is 0 Å². The normalized spacial score (nSPS) is 22.0. The highest BCUT2D eigenvalue weighted by Crippen LogP contribution is 2.29. The lowest BCUT2D eigenvalue weighted by molar-refractivity contribution is -0.143. The number of aliphatic carboxylic acids is 1. The fourth-order valence-electron chi connectivity index (χ4n) is 3.27. The van der Waals surface area contributed by atoms with Crippen molar-refractivity contribution in [3.05, 3.63) is 35.0 Å². The number of fused-ring (bicyclic) bond motifs is 1. The molecule has 118 valence electrons. The zero-order chi connectivity index (χ0) is 15.5. The summed E-state index contributed by atoms with van der Waals surface area (Å²) >= 11 is 6.13. The summed E-state index contributed by atoms with van der Waals surface area (Å²) < 4.78 is 5.52. The number of furan rings is 1. The summed E-state index contributed by atoms with van der Waals surface area (Å²) in [6, 6.07) is 5.75. The van der Waals surface area contributed by atoms with Gasteiger partial charge in [0.05, 0.1) is 12.2 Å². The quantitative estimate of drug-likeness (QED) is 0.871. The van der Waals surface area contributed by atoms with Gasteiger partial charge in [-0.05, 0) is 56.3 Å². The van der Waals surface area contributed by atoms with Crippen molar-refractivity contribution in [2.75, 3.05) is 6.54 Å². The molecule has 0 bridgehead atoms. The summed E-state index contributed by atoms with van der Waals surface area (Å²) in [4.78, 5) is 11.0. The molecule has 1 fully saturated rings. The number of halogens is 1. The molecule has 1 aromatic carbocycles. The molecule has 0 aliphatic heterocycles. The van der Waals surface area contributed by atoms with Crippen LogP contribution in [0.3, 0.4) is 0 Å². The van der Waals surface area contributed by atoms with Crippen LogP contribution in [-0.4, -0.2) is 17.6 Å². The van der Waals surface area contributed by atoms with Crippen molar-refractivity contribution >= 4 is 28.5 Å². The molecule has 1 aromatic heterocycles. The summed E-state index contributed by atoms with van der Waals surface area (Å²) in [5, 5.41) is 14.2. The molecule has 1 aliphatic carbocycles. The molecule has 0 radical (unpaired) electrons. The van der Waals surface area contributed by atoms with Gasteiger partial charge in [-0.15, -0.1) is 0 Å². The monoisotopic (exact) mass is 321 g/mol. The minimum atomic E-state index is -0.648. The van der Waals surface area contributed by atoms with Crippen LogP contribution in [0, 0.1) is 11.8 Å². The van der Waals surface area contributed by atoms with E-state index in [2.05, 4.69) is 5.32 Å². The first-order valence-corrected chi connectivity index (χ1v) is 8.10. The Morgan fingerprint density at radius 2 is 2.09 bits per heavy atom. The number of carboxylic acids is 1. The highest BCUT2D eigenvalue weighted by molar-refractivity contribution is 6.31. The maximum absolute atomic E-state index is 11.0. The van der Waals surface area contributed by atoms with Crippen molar-refractivity contribution in [3.8, 4) is 0 Å². The van der Waals surface area contributed by atoms with E-state index in [1.165, 1.54) is 0 Å². The molecule has 4 nitrogen and oxygen atoms in total. The molecule has 0 atom stereocenters. The Morgan fingerprint density at radius 3 is 2.82 bits per heavy atom. The van der Waals surface area contributed by atoms with Crippen LogP contribution in [0.2, 0.25) is 5.02 Å². The second kappa shape index (κ2) is 6.71. The maximum Gasteiger partial charge on any atom is 0.306 e. The van der Waals surface area contributed by atoms with E-state index in [9.17, 15) is 4.79 Å². The van der Waals surface area contributed by atoms with Crippen molar-refractivity contribution in [3.63, 3.8) is 0 Å². The average Bonchev–Trinajstić information content (AvgIpc) is 2.96. The zero-order valence-corrected chi connectivity index (χ0v) is 13.1. The van der Waals surface area contributed by atoms with Crippen LogP contribution >= 0.6 is 11.6 Å². The van der Waals surface area contributed by atoms with Crippen molar-refractivity contribution < 1.29 is 14.3 Å². The number of hydrogen-bond donors (Lipinski definition) is 2. The van der Waals surface area contributed by atoms with Gasteiger partial charge in [-0.2, -0.15) is 0 Å². The Hall–Kier alpha value is -1.52. The highest BCUT2D eigenvalue weighted by Gasteiger charge is 2.25. The molecule has 0 spiro atoms. The zero-order valence-electron chi connectivity index (χ0n) is 12.3. The van der Waals surface area contributed by atoms with Crippen molar-refractivity contribution in [1.29, 1.82) is 0 Å². The second-order valence-corrected chi connectivity index (χ2v) is 6.53. The number of benzene rings is 1. The van der Waals surface area contributed by atoms with E-state index in [1.807, 2.05) is 18.2 Å². The number of carboxylic acid groups (broad SMARTS) is 1. The summed E-state index contributed by atoms with van der Waals surface area (Å²) in [5.74, 6) is -0.237. The number of carbonyl (C=O) groups is 1. The predicted molar refractivity (Wildman–Crippen MR) is 86.0 cm³/mol. The van der Waals surface area contributed by atoms with Crippen molar-refractivity contribution in [1.82, 2.24) is 5.32 Å². The molecule has 0 unspecified atom stereocenters. The highest BCUT2D eigenvalue weighted by atomic mass is 35.5. The molecular formula is C17H20ClNO3. The first-order valence-electron chi connectivity index (χ1n) is 7.72. The van der Waals surface area contributed by atoms with Crippen molar-refractivity contribution in [2.24, 2.45) is 11.8 Å². The molecule has 3 rings (SSSR count). The molecule has 1 saturated carbocycles. The Morgan fingerprint density at radius 1 is 1.32 bits per heavy atom. The number of rotatable bonds is 5. The Labute approximate surface area is 134 Å². The maximum atomic E-state index is 11.0. The average molecular weight is 322 g/mol. The largest absolute Gasteiger partial charge is 0.481 e. The van der Waals surface area contributed by atoms with Gasteiger partial charge in [0, 0.05) is 22.5 Å². The van der Waals surface area contributed by atoms with Crippen LogP contribution in [0.15, 0.2) is 28.9 Å². The molecule has 0 amide bonds. The molecule has 22 heavy (non-hydrogen) atoms. The summed E-state index contributed by atoms with van der Waals surface area (Å²) in [6.07, 6.45) is 5.23. The van der Waals surface area contributed by atoms with E-state index in [-0.39, 0.29) is 5.92 Å². The Balaban J connectivity index is 1.53. The van der Waals surface area contributed by atoms with E-state index in [0.29, 0.717) is 17.5 Å². The van der Waals surface area contributed by atoms with Gasteiger partial charge >= 0.3 is 5.97 Å². The summed E-state index contributed by atoms with van der Waals surface area (Å²) in [6.45, 7) is 1.62. The molecule has 2 aromatic rings. The lowest BCUT2D eigenvalue weighted by Crippen LogP contribution is -2.28. The lowest BCUT2D eigenvalue weighted by atomic mass is 9.82. The van der Waals surface area contributed by atoms with Gasteiger partial charge in [0.2, 0.25) is 0 Å². The van der Waals surface area contributed by atoms with Gasteiger partial charge in [-0.25, -0.2) is 0 Å². The van der Waals surface area contributed by atoms with E-state index in [0.717, 1.165) is 48.8 Å². The number of nitrogens with one attached hydrogen (secondary N) is 1. The van der Waals surface area contributed by atoms with E-state index >= 15 is 0 Å². The van der Waals surface area contributed by atoms with Crippen LogP contribution < -0.4 is 5.32 Å². The fourth-order valence-corrected chi connectivity index (χ4v) is 3.52. The molecule has 1 heterocycles. The second-order valence-electron chi connectivity index (χ2n) is 6.09. The summed E-state index contributed by atoms with van der Waals surface area (Å²) in [5.41, 5.74) is 1.94. The first-order chi connectivity index (χ1) is 10.6. The smallest absolute Gasteiger partial charge is 0.306 e. The molecule has 5 heteroatoms. The van der Waals surface area contributed by atoms with Gasteiger partial charge in [0.25, 0.3) is 0 Å². The SMILES string of the molecule is O=C(O)C1CCC(CNCc2cc(Cl)cc3ccoc23)CC1.